The summed E-state index contributed by atoms with van der Waals surface area (Å²) in [4.78, 5) is 24.4. The second kappa shape index (κ2) is 8.43. The summed E-state index contributed by atoms with van der Waals surface area (Å²) in [6.45, 7) is 0. The molecule has 0 saturated carbocycles. The van der Waals surface area contributed by atoms with Crippen LogP contribution in [0.5, 0.6) is 0 Å². The fraction of sp³-hybridized carbons (Fsp3) is 0.130. The van der Waals surface area contributed by atoms with E-state index in [0.29, 0.717) is 17.8 Å². The number of nitrogens with two attached hydrogens (primary N) is 1. The van der Waals surface area contributed by atoms with Crippen molar-refractivity contribution in [2.75, 3.05) is 9.62 Å². The first-order chi connectivity index (χ1) is 15.3. The van der Waals surface area contributed by atoms with Gasteiger partial charge in [-0.1, -0.05) is 18.2 Å². The van der Waals surface area contributed by atoms with Gasteiger partial charge in [-0.3, -0.25) is 13.9 Å². The first-order valence-electron chi connectivity index (χ1n) is 9.86. The molecule has 7 nitrogen and oxygen atoms in total. The highest BCUT2D eigenvalue weighted by atomic mass is 32.2. The van der Waals surface area contributed by atoms with Crippen LogP contribution in [-0.4, -0.2) is 26.3 Å². The molecule has 9 heteroatoms. The van der Waals surface area contributed by atoms with E-state index in [2.05, 4.69) is 5.32 Å². The number of halogens is 1. The van der Waals surface area contributed by atoms with Gasteiger partial charge in [-0.2, -0.15) is 0 Å². The molecule has 1 atom stereocenters. The molecule has 3 N–H and O–H groups in total. The van der Waals surface area contributed by atoms with Crippen molar-refractivity contribution in [1.82, 2.24) is 0 Å². The van der Waals surface area contributed by atoms with Crippen molar-refractivity contribution < 1.29 is 22.4 Å². The predicted molar refractivity (Wildman–Crippen MR) is 118 cm³/mol. The molecule has 0 bridgehead atoms. The summed E-state index contributed by atoms with van der Waals surface area (Å²) >= 11 is 0. The van der Waals surface area contributed by atoms with Crippen LogP contribution in [0.4, 0.5) is 15.8 Å². The summed E-state index contributed by atoms with van der Waals surface area (Å²) < 4.78 is 41.6. The Kier molecular flexibility index (Phi) is 5.67. The lowest BCUT2D eigenvalue weighted by Crippen LogP contribution is -2.50. The molecule has 3 aromatic carbocycles. The van der Waals surface area contributed by atoms with Gasteiger partial charge in [-0.25, -0.2) is 12.8 Å². The third kappa shape index (κ3) is 4.06. The van der Waals surface area contributed by atoms with Crippen molar-refractivity contribution in [3.8, 4) is 0 Å². The number of primary amides is 1. The number of hydrogen-bond donors (Lipinski definition) is 2. The van der Waals surface area contributed by atoms with E-state index < -0.39 is 33.7 Å². The Labute approximate surface area is 184 Å². The van der Waals surface area contributed by atoms with Crippen LogP contribution in [0.15, 0.2) is 77.7 Å². The van der Waals surface area contributed by atoms with Crippen LogP contribution < -0.4 is 15.4 Å². The summed E-state index contributed by atoms with van der Waals surface area (Å²) in [6, 6.07) is 16.5. The molecular weight excluding hydrogens is 433 g/mol. The molecule has 0 aromatic heterocycles. The highest BCUT2D eigenvalue weighted by Gasteiger charge is 2.39. The highest BCUT2D eigenvalue weighted by Crippen LogP contribution is 2.36. The average molecular weight is 453 g/mol. The number of nitrogens with zero attached hydrogens (tertiary/aromatic N) is 1. The topological polar surface area (TPSA) is 110 Å². The Morgan fingerprint density at radius 2 is 1.62 bits per heavy atom. The molecule has 0 saturated heterocycles. The van der Waals surface area contributed by atoms with E-state index in [1.165, 1.54) is 48.5 Å². The quantitative estimate of drug-likeness (QED) is 0.619. The number of nitrogens with one attached hydrogen (secondary N) is 1. The molecule has 0 fully saturated rings. The van der Waals surface area contributed by atoms with Gasteiger partial charge in [0.1, 0.15) is 11.9 Å². The van der Waals surface area contributed by atoms with Gasteiger partial charge < -0.3 is 11.1 Å². The molecular formula is C23H20FN3O4S. The summed E-state index contributed by atoms with van der Waals surface area (Å²) in [7, 11) is -4.15. The first-order valence-corrected chi connectivity index (χ1v) is 11.3. The van der Waals surface area contributed by atoms with Crippen molar-refractivity contribution in [3.63, 3.8) is 0 Å². The zero-order chi connectivity index (χ0) is 22.9. The maximum absolute atomic E-state index is 13.6. The van der Waals surface area contributed by atoms with Crippen molar-refractivity contribution in [3.05, 3.63) is 89.7 Å². The van der Waals surface area contributed by atoms with E-state index in [1.807, 2.05) is 12.1 Å². The lowest BCUT2D eigenvalue weighted by atomic mass is 9.97. The number of aryl methyl sites for hydroxylation is 1. The maximum Gasteiger partial charge on any atom is 0.265 e. The largest absolute Gasteiger partial charge is 0.366 e. The van der Waals surface area contributed by atoms with E-state index in [0.717, 1.165) is 9.87 Å². The number of para-hydroxylation sites is 1. The predicted octanol–water partition coefficient (Wildman–Crippen LogP) is 3.07. The summed E-state index contributed by atoms with van der Waals surface area (Å²) in [5, 5.41) is 2.67. The van der Waals surface area contributed by atoms with Gasteiger partial charge in [0.2, 0.25) is 11.8 Å². The van der Waals surface area contributed by atoms with Crippen molar-refractivity contribution in [2.24, 2.45) is 5.73 Å². The molecule has 1 aliphatic rings. The van der Waals surface area contributed by atoms with Crippen LogP contribution in [0.2, 0.25) is 0 Å². The molecule has 3 aromatic rings. The molecule has 0 radical (unpaired) electrons. The van der Waals surface area contributed by atoms with Gasteiger partial charge in [0.25, 0.3) is 10.0 Å². The molecule has 1 unspecified atom stereocenters. The average Bonchev–Trinajstić information content (AvgIpc) is 2.79. The monoisotopic (exact) mass is 453 g/mol. The van der Waals surface area contributed by atoms with Gasteiger partial charge in [-0.15, -0.1) is 0 Å². The number of rotatable bonds is 5. The first kappa shape index (κ1) is 21.5. The molecule has 164 valence electrons. The van der Waals surface area contributed by atoms with E-state index in [9.17, 15) is 22.4 Å². The van der Waals surface area contributed by atoms with E-state index >= 15 is 0 Å². The minimum atomic E-state index is -4.15. The normalized spacial score (nSPS) is 15.7. The van der Waals surface area contributed by atoms with Crippen LogP contribution in [0, 0.1) is 5.82 Å². The third-order valence-corrected chi connectivity index (χ3v) is 7.15. The summed E-state index contributed by atoms with van der Waals surface area (Å²) in [6.07, 6.45) is 0.785. The number of fused-ring (bicyclic) bond motifs is 1. The lowest BCUT2D eigenvalue weighted by molar-refractivity contribution is -0.117. The third-order valence-electron chi connectivity index (χ3n) is 5.31. The Hall–Kier alpha value is -3.72. The van der Waals surface area contributed by atoms with Crippen molar-refractivity contribution in [1.29, 1.82) is 0 Å². The van der Waals surface area contributed by atoms with Gasteiger partial charge in [0, 0.05) is 11.3 Å². The second-order valence-electron chi connectivity index (χ2n) is 7.37. The number of carbonyl (C=O) groups excluding carboxylic acids is 2. The van der Waals surface area contributed by atoms with Gasteiger partial charge >= 0.3 is 0 Å². The van der Waals surface area contributed by atoms with E-state index in [4.69, 9.17) is 5.73 Å². The molecule has 0 spiro atoms. The number of sulfonamides is 1. The van der Waals surface area contributed by atoms with Crippen LogP contribution in [0.3, 0.4) is 0 Å². The summed E-state index contributed by atoms with van der Waals surface area (Å²) in [5.41, 5.74) is 7.00. The van der Waals surface area contributed by atoms with E-state index in [-0.39, 0.29) is 16.9 Å². The minimum Gasteiger partial charge on any atom is -0.366 e. The Morgan fingerprint density at radius 1 is 0.969 bits per heavy atom. The number of amides is 2. The van der Waals surface area contributed by atoms with Crippen LogP contribution >= 0.6 is 0 Å². The molecule has 2 amide bonds. The molecule has 1 heterocycles. The van der Waals surface area contributed by atoms with Crippen LogP contribution in [0.25, 0.3) is 0 Å². The SMILES string of the molecule is NC(=O)c1ccc(S(=O)(=O)N2c3ccccc3CCC2C(=O)Nc2ccc(F)cc2)cc1. The minimum absolute atomic E-state index is 0.0706. The fourth-order valence-electron chi connectivity index (χ4n) is 3.71. The van der Waals surface area contributed by atoms with Crippen molar-refractivity contribution >= 4 is 33.2 Å². The van der Waals surface area contributed by atoms with Gasteiger partial charge in [0.05, 0.1) is 10.6 Å². The van der Waals surface area contributed by atoms with Gasteiger partial charge in [-0.05, 0) is 73.0 Å². The standard InChI is InChI=1S/C23H20FN3O4S/c24-17-8-10-18(11-9-17)26-23(29)21-14-7-15-3-1-2-4-20(15)27(21)32(30,31)19-12-5-16(6-13-19)22(25)28/h1-6,8-13,21H,7,14H2,(H2,25,28)(H,26,29). The number of hydrogen-bond acceptors (Lipinski definition) is 4. The summed E-state index contributed by atoms with van der Waals surface area (Å²) in [5.74, 6) is -1.64. The zero-order valence-corrected chi connectivity index (χ0v) is 17.7. The van der Waals surface area contributed by atoms with E-state index in [1.54, 1.807) is 12.1 Å². The zero-order valence-electron chi connectivity index (χ0n) is 16.9. The smallest absolute Gasteiger partial charge is 0.265 e. The van der Waals surface area contributed by atoms with Gasteiger partial charge in [0.15, 0.2) is 0 Å². The van der Waals surface area contributed by atoms with Crippen LogP contribution in [0.1, 0.15) is 22.3 Å². The Morgan fingerprint density at radius 3 is 2.28 bits per heavy atom. The molecule has 4 rings (SSSR count). The highest BCUT2D eigenvalue weighted by molar-refractivity contribution is 7.93. The number of carbonyl (C=O) groups is 2. The number of anilines is 2. The lowest BCUT2D eigenvalue weighted by Gasteiger charge is -2.36. The van der Waals surface area contributed by atoms with Crippen molar-refractivity contribution in [2.45, 2.75) is 23.8 Å². The second-order valence-corrected chi connectivity index (χ2v) is 9.18. The molecule has 1 aliphatic heterocycles. The molecule has 0 aliphatic carbocycles. The number of benzene rings is 3. The maximum atomic E-state index is 13.6. The van der Waals surface area contributed by atoms with Crippen LogP contribution in [-0.2, 0) is 21.2 Å². The fourth-order valence-corrected chi connectivity index (χ4v) is 5.39. The molecule has 32 heavy (non-hydrogen) atoms. The Bertz CT molecular complexity index is 1280. The Balaban J connectivity index is 1.74.